The largest absolute Gasteiger partial charge is 0.573 e. The maximum atomic E-state index is 12.0. The molecule has 0 spiro atoms. The number of nitrogens with zero attached hydrogens (tertiary/aromatic N) is 3. The first-order valence-electron chi connectivity index (χ1n) is 6.48. The Bertz CT molecular complexity index is 756. The van der Waals surface area contributed by atoms with Crippen molar-refractivity contribution in [2.24, 2.45) is 0 Å². The van der Waals surface area contributed by atoms with Gasteiger partial charge in [0.05, 0.1) is 11.8 Å². The number of ether oxygens (including phenoxy) is 1. The summed E-state index contributed by atoms with van der Waals surface area (Å²) in [7, 11) is 0. The van der Waals surface area contributed by atoms with E-state index in [1.54, 1.807) is 6.92 Å². The summed E-state index contributed by atoms with van der Waals surface area (Å²) in [6.45, 7) is 1.13. The van der Waals surface area contributed by atoms with Gasteiger partial charge in [0.2, 0.25) is 0 Å². The summed E-state index contributed by atoms with van der Waals surface area (Å²) in [5, 5.41) is 17.1. The number of amides is 1. The molecule has 0 aliphatic heterocycles. The van der Waals surface area contributed by atoms with Crippen LogP contribution in [0, 0.1) is 17.0 Å². The van der Waals surface area contributed by atoms with Crippen molar-refractivity contribution in [2.75, 3.05) is 5.32 Å². The molecule has 0 aliphatic carbocycles. The second kappa shape index (κ2) is 6.56. The summed E-state index contributed by atoms with van der Waals surface area (Å²) in [6.07, 6.45) is -4.80. The van der Waals surface area contributed by atoms with Crippen LogP contribution in [0.15, 0.2) is 30.3 Å². The number of alkyl halides is 3. The lowest BCUT2D eigenvalue weighted by Crippen LogP contribution is -2.20. The van der Waals surface area contributed by atoms with E-state index >= 15 is 0 Å². The second-order valence-corrected chi connectivity index (χ2v) is 4.68. The quantitative estimate of drug-likeness (QED) is 0.664. The third kappa shape index (κ3) is 4.69. The van der Waals surface area contributed by atoms with Gasteiger partial charge in [-0.25, -0.2) is 0 Å². The van der Waals surface area contributed by atoms with E-state index in [0.29, 0.717) is 5.69 Å². The average molecular weight is 344 g/mol. The second-order valence-electron chi connectivity index (χ2n) is 4.68. The van der Waals surface area contributed by atoms with Gasteiger partial charge in [-0.05, 0) is 36.1 Å². The number of hydrogen-bond donors (Lipinski definition) is 1. The van der Waals surface area contributed by atoms with E-state index in [1.165, 1.54) is 18.2 Å². The van der Waals surface area contributed by atoms with Gasteiger partial charge in [-0.3, -0.25) is 4.79 Å². The highest BCUT2D eigenvalue weighted by Crippen LogP contribution is 2.24. The molecule has 2 aromatic rings. The number of nitrogens with one attached hydrogen (secondary N) is 1. The molecule has 0 saturated carbocycles. The molecule has 0 atom stereocenters. The molecular formula is C13H11F3N4O4. The Morgan fingerprint density at radius 1 is 1.38 bits per heavy atom. The first kappa shape index (κ1) is 17.2. The average Bonchev–Trinajstić information content (AvgIpc) is 2.80. The molecule has 11 heteroatoms. The van der Waals surface area contributed by atoms with E-state index in [9.17, 15) is 28.1 Å². The minimum Gasteiger partial charge on any atom is -0.406 e. The van der Waals surface area contributed by atoms with Crippen molar-refractivity contribution in [2.45, 2.75) is 19.8 Å². The van der Waals surface area contributed by atoms with Crippen molar-refractivity contribution in [3.8, 4) is 5.75 Å². The summed E-state index contributed by atoms with van der Waals surface area (Å²) in [5.41, 5.74) is 0.587. The minimum absolute atomic E-state index is 0.209. The van der Waals surface area contributed by atoms with Crippen molar-refractivity contribution in [3.05, 3.63) is 46.1 Å². The van der Waals surface area contributed by atoms with E-state index in [-0.39, 0.29) is 11.5 Å². The molecule has 1 N–H and O–H groups in total. The number of aromatic nitrogens is 2. The third-order valence-corrected chi connectivity index (χ3v) is 2.73. The van der Waals surface area contributed by atoms with Gasteiger partial charge in [-0.1, -0.05) is 5.10 Å². The molecule has 1 aromatic heterocycles. The Balaban J connectivity index is 2.01. The summed E-state index contributed by atoms with van der Waals surface area (Å²) in [5.74, 6) is -1.39. The number of nitro groups is 1. The lowest BCUT2D eigenvalue weighted by Gasteiger charge is -2.09. The van der Waals surface area contributed by atoms with Gasteiger partial charge in [0.25, 0.3) is 5.91 Å². The van der Waals surface area contributed by atoms with Crippen LogP contribution in [0.1, 0.15) is 5.69 Å². The number of benzene rings is 1. The predicted molar refractivity (Wildman–Crippen MR) is 75.4 cm³/mol. The number of carbonyl (C=O) groups is 1. The van der Waals surface area contributed by atoms with Crippen LogP contribution in [0.2, 0.25) is 0 Å². The van der Waals surface area contributed by atoms with Crippen LogP contribution in [0.5, 0.6) is 5.75 Å². The highest BCUT2D eigenvalue weighted by Gasteiger charge is 2.31. The first-order valence-corrected chi connectivity index (χ1v) is 6.48. The number of aryl methyl sites for hydroxylation is 1. The third-order valence-electron chi connectivity index (χ3n) is 2.73. The van der Waals surface area contributed by atoms with E-state index in [0.717, 1.165) is 16.8 Å². The molecule has 0 aliphatic rings. The van der Waals surface area contributed by atoms with E-state index in [4.69, 9.17) is 0 Å². The summed E-state index contributed by atoms with van der Waals surface area (Å²) < 4.78 is 40.8. The molecule has 8 nitrogen and oxygen atoms in total. The molecule has 24 heavy (non-hydrogen) atoms. The minimum atomic E-state index is -4.80. The lowest BCUT2D eigenvalue weighted by atomic mass is 10.3. The van der Waals surface area contributed by atoms with Crippen molar-refractivity contribution in [3.63, 3.8) is 0 Å². The van der Waals surface area contributed by atoms with E-state index in [2.05, 4.69) is 15.2 Å². The normalized spacial score (nSPS) is 11.2. The summed E-state index contributed by atoms with van der Waals surface area (Å²) in [6, 6.07) is 5.70. The fraction of sp³-hybridized carbons (Fsp3) is 0.231. The molecule has 0 unspecified atom stereocenters. The Morgan fingerprint density at radius 3 is 2.54 bits per heavy atom. The highest BCUT2D eigenvalue weighted by atomic mass is 19.4. The molecule has 128 valence electrons. The van der Waals surface area contributed by atoms with E-state index in [1.807, 2.05) is 0 Å². The van der Waals surface area contributed by atoms with Crippen molar-refractivity contribution in [1.29, 1.82) is 0 Å². The zero-order chi connectivity index (χ0) is 17.9. The van der Waals surface area contributed by atoms with Gasteiger partial charge in [0.15, 0.2) is 6.54 Å². The molecule has 1 heterocycles. The number of hydrogen-bond acceptors (Lipinski definition) is 5. The number of carbonyl (C=O) groups excluding carboxylic acids is 1. The lowest BCUT2D eigenvalue weighted by molar-refractivity contribution is -0.392. The summed E-state index contributed by atoms with van der Waals surface area (Å²) >= 11 is 0. The fourth-order valence-electron chi connectivity index (χ4n) is 1.87. The smallest absolute Gasteiger partial charge is 0.406 e. The maximum absolute atomic E-state index is 12.0. The van der Waals surface area contributed by atoms with Crippen LogP contribution in [-0.4, -0.2) is 27.0 Å². The Hall–Kier alpha value is -3.11. The number of rotatable bonds is 5. The van der Waals surface area contributed by atoms with Crippen molar-refractivity contribution < 1.29 is 27.6 Å². The molecule has 1 aromatic carbocycles. The highest BCUT2D eigenvalue weighted by molar-refractivity contribution is 5.90. The predicted octanol–water partition coefficient (Wildman–Crippen LogP) is 2.64. The molecule has 2 rings (SSSR count). The topological polar surface area (TPSA) is 99.3 Å². The van der Waals surface area contributed by atoms with Crippen LogP contribution < -0.4 is 10.1 Å². The van der Waals surface area contributed by atoms with Crippen LogP contribution in [0.3, 0.4) is 0 Å². The zero-order valence-corrected chi connectivity index (χ0v) is 12.2. The van der Waals surface area contributed by atoms with E-state index < -0.39 is 29.5 Å². The Kier molecular flexibility index (Phi) is 4.71. The monoisotopic (exact) mass is 344 g/mol. The van der Waals surface area contributed by atoms with Crippen LogP contribution in [0.4, 0.5) is 24.7 Å². The van der Waals surface area contributed by atoms with Gasteiger partial charge in [-0.2, -0.15) is 0 Å². The first-order chi connectivity index (χ1) is 11.1. The molecular weight excluding hydrogens is 333 g/mol. The van der Waals surface area contributed by atoms with Crippen molar-refractivity contribution >= 4 is 17.4 Å². The zero-order valence-electron chi connectivity index (χ0n) is 12.2. The number of anilines is 1. The standard InChI is InChI=1S/C13H11F3N4O4/c1-8-6-12(20(22)23)19(18-8)7-11(21)17-9-2-4-10(5-3-9)24-13(14,15)16/h2-6H,7H2,1H3,(H,17,21). The van der Waals surface area contributed by atoms with Gasteiger partial charge in [0.1, 0.15) is 5.75 Å². The Labute approximate surface area is 133 Å². The maximum Gasteiger partial charge on any atom is 0.573 e. The van der Waals surface area contributed by atoms with Crippen LogP contribution in [0.25, 0.3) is 0 Å². The molecule has 0 radical (unpaired) electrons. The van der Waals surface area contributed by atoms with Crippen LogP contribution >= 0.6 is 0 Å². The fourth-order valence-corrected chi connectivity index (χ4v) is 1.87. The number of halogens is 3. The van der Waals surface area contributed by atoms with Gasteiger partial charge in [-0.15, -0.1) is 17.9 Å². The van der Waals surface area contributed by atoms with Gasteiger partial charge in [0, 0.05) is 5.69 Å². The molecule has 1 amide bonds. The summed E-state index contributed by atoms with van der Waals surface area (Å²) in [4.78, 5) is 22.0. The SMILES string of the molecule is Cc1cc([N+](=O)[O-])n(CC(=O)Nc2ccc(OC(F)(F)F)cc2)n1. The van der Waals surface area contributed by atoms with Gasteiger partial charge >= 0.3 is 12.2 Å². The van der Waals surface area contributed by atoms with Crippen LogP contribution in [-0.2, 0) is 11.3 Å². The van der Waals surface area contributed by atoms with Crippen molar-refractivity contribution in [1.82, 2.24) is 9.78 Å². The molecule has 0 bridgehead atoms. The van der Waals surface area contributed by atoms with Gasteiger partial charge < -0.3 is 20.2 Å². The Morgan fingerprint density at radius 2 is 2.00 bits per heavy atom. The molecule has 0 saturated heterocycles. The molecule has 0 fully saturated rings.